The highest BCUT2D eigenvalue weighted by molar-refractivity contribution is 9.10. The molecule has 8 heteroatoms. The molecule has 0 spiro atoms. The summed E-state index contributed by atoms with van der Waals surface area (Å²) in [4.78, 5) is 12.1. The molecule has 0 aliphatic carbocycles. The molecule has 0 radical (unpaired) electrons. The predicted octanol–water partition coefficient (Wildman–Crippen LogP) is 2.17. The Balaban J connectivity index is 2.26. The summed E-state index contributed by atoms with van der Waals surface area (Å²) in [5.41, 5.74) is 0.100. The van der Waals surface area contributed by atoms with Crippen molar-refractivity contribution in [1.82, 2.24) is 0 Å². The van der Waals surface area contributed by atoms with Crippen LogP contribution < -0.4 is 10.8 Å². The summed E-state index contributed by atoms with van der Waals surface area (Å²) >= 11 is 9.23. The van der Waals surface area contributed by atoms with Crippen LogP contribution in [-0.2, 0) is 0 Å². The third-order valence-corrected chi connectivity index (χ3v) is 3.52. The Kier molecular flexibility index (Phi) is 5.00. The maximum atomic E-state index is 13.3. The zero-order valence-corrected chi connectivity index (χ0v) is 12.8. The summed E-state index contributed by atoms with van der Waals surface area (Å²) < 4.78 is 14.1. The van der Waals surface area contributed by atoms with Crippen LogP contribution in [0.2, 0.25) is 5.02 Å². The van der Waals surface area contributed by atoms with Gasteiger partial charge in [-0.3, -0.25) is 4.79 Å². The van der Waals surface area contributed by atoms with Gasteiger partial charge in [0.15, 0.2) is 0 Å². The first kappa shape index (κ1) is 16.0. The van der Waals surface area contributed by atoms with Gasteiger partial charge in [0.25, 0.3) is 5.91 Å². The number of nitrogens with one attached hydrogen (secondary N) is 1. The van der Waals surface area contributed by atoms with Gasteiger partial charge in [0, 0.05) is 15.5 Å². The second-order valence-corrected chi connectivity index (χ2v) is 5.51. The number of anilines is 1. The van der Waals surface area contributed by atoms with Crippen molar-refractivity contribution in [3.05, 3.63) is 57.3 Å². The molecule has 0 fully saturated rings. The minimum absolute atomic E-state index is 0.0819. The molecule has 0 aliphatic heterocycles. The standard InChI is InChI=1S/C13H9BBrClFNO3/c15-8-2-4-12(10(16)6-8)18-13(19)7-1-3-11(17)9(5-7)14(20)21/h1-6,20-21H,(H,18,19). The lowest BCUT2D eigenvalue weighted by molar-refractivity contribution is 0.102. The molecule has 1 amide bonds. The monoisotopic (exact) mass is 371 g/mol. The Bertz CT molecular complexity index is 699. The van der Waals surface area contributed by atoms with Gasteiger partial charge in [-0.2, -0.15) is 0 Å². The summed E-state index contributed by atoms with van der Waals surface area (Å²) in [6.45, 7) is 0. The van der Waals surface area contributed by atoms with Gasteiger partial charge in [-0.1, -0.05) is 27.5 Å². The van der Waals surface area contributed by atoms with Crippen LogP contribution in [0.15, 0.2) is 40.9 Å². The lowest BCUT2D eigenvalue weighted by Gasteiger charge is -2.09. The van der Waals surface area contributed by atoms with Crippen molar-refractivity contribution >= 4 is 51.7 Å². The topological polar surface area (TPSA) is 69.6 Å². The highest BCUT2D eigenvalue weighted by Crippen LogP contribution is 2.26. The number of carbonyl (C=O) groups is 1. The van der Waals surface area contributed by atoms with Crippen LogP contribution in [0.5, 0.6) is 0 Å². The Hall–Kier alpha value is -1.41. The average Bonchev–Trinajstić information content (AvgIpc) is 2.42. The van der Waals surface area contributed by atoms with Crippen molar-refractivity contribution in [2.45, 2.75) is 0 Å². The maximum Gasteiger partial charge on any atom is 0.491 e. The molecule has 0 atom stereocenters. The van der Waals surface area contributed by atoms with Crippen molar-refractivity contribution < 1.29 is 19.2 Å². The third kappa shape index (κ3) is 3.82. The van der Waals surface area contributed by atoms with E-state index in [1.807, 2.05) is 0 Å². The zero-order valence-electron chi connectivity index (χ0n) is 10.5. The Morgan fingerprint density at radius 3 is 2.57 bits per heavy atom. The Labute approximate surface area is 133 Å². The van der Waals surface area contributed by atoms with Crippen LogP contribution in [0.25, 0.3) is 0 Å². The van der Waals surface area contributed by atoms with E-state index in [4.69, 9.17) is 21.6 Å². The van der Waals surface area contributed by atoms with E-state index >= 15 is 0 Å². The molecule has 0 saturated heterocycles. The number of carbonyl (C=O) groups excluding carboxylic acids is 1. The molecule has 0 heterocycles. The summed E-state index contributed by atoms with van der Waals surface area (Å²) in [6.07, 6.45) is 0. The molecule has 3 N–H and O–H groups in total. The van der Waals surface area contributed by atoms with Crippen LogP contribution in [0, 0.1) is 5.82 Å². The maximum absolute atomic E-state index is 13.3. The van der Waals surface area contributed by atoms with Gasteiger partial charge in [-0.25, -0.2) is 4.39 Å². The van der Waals surface area contributed by atoms with E-state index in [-0.39, 0.29) is 11.0 Å². The lowest BCUT2D eigenvalue weighted by atomic mass is 9.79. The quantitative estimate of drug-likeness (QED) is 0.724. The van der Waals surface area contributed by atoms with Crippen molar-refractivity contribution in [1.29, 1.82) is 0 Å². The normalized spacial score (nSPS) is 10.3. The molecular formula is C13H9BBrClFNO3. The fourth-order valence-corrected chi connectivity index (χ4v) is 2.39. The number of halogens is 3. The molecule has 0 saturated carbocycles. The van der Waals surface area contributed by atoms with E-state index in [0.717, 1.165) is 16.6 Å². The number of rotatable bonds is 3. The highest BCUT2D eigenvalue weighted by atomic mass is 79.9. The molecule has 4 nitrogen and oxygen atoms in total. The molecule has 2 aromatic rings. The Morgan fingerprint density at radius 1 is 1.24 bits per heavy atom. The predicted molar refractivity (Wildman–Crippen MR) is 83.3 cm³/mol. The molecule has 0 bridgehead atoms. The second-order valence-electron chi connectivity index (χ2n) is 4.19. The second kappa shape index (κ2) is 6.57. The number of hydrogen-bond acceptors (Lipinski definition) is 3. The smallest absolute Gasteiger partial charge is 0.423 e. The van der Waals surface area contributed by atoms with Gasteiger partial charge in [0.1, 0.15) is 5.82 Å². The van der Waals surface area contributed by atoms with E-state index < -0.39 is 18.8 Å². The third-order valence-electron chi connectivity index (χ3n) is 2.72. The average molecular weight is 372 g/mol. The summed E-state index contributed by atoms with van der Waals surface area (Å²) in [5, 5.41) is 21.0. The van der Waals surface area contributed by atoms with Crippen molar-refractivity contribution in [2.24, 2.45) is 0 Å². The number of hydrogen-bond donors (Lipinski definition) is 3. The minimum atomic E-state index is -1.99. The van der Waals surface area contributed by atoms with E-state index in [1.54, 1.807) is 18.2 Å². The first-order valence-electron chi connectivity index (χ1n) is 5.80. The molecule has 21 heavy (non-hydrogen) atoms. The van der Waals surface area contributed by atoms with E-state index in [1.165, 1.54) is 6.07 Å². The molecule has 2 aromatic carbocycles. The SMILES string of the molecule is O=C(Nc1ccc(Br)cc1Cl)c1ccc(F)c(B(O)O)c1. The van der Waals surface area contributed by atoms with E-state index in [0.29, 0.717) is 10.7 Å². The summed E-state index contributed by atoms with van der Waals surface area (Å²) in [5.74, 6) is -1.34. The van der Waals surface area contributed by atoms with Crippen molar-refractivity contribution in [3.63, 3.8) is 0 Å². The van der Waals surface area contributed by atoms with Crippen LogP contribution >= 0.6 is 27.5 Å². The first-order chi connectivity index (χ1) is 9.88. The minimum Gasteiger partial charge on any atom is -0.423 e. The molecule has 108 valence electrons. The van der Waals surface area contributed by atoms with Gasteiger partial charge in [0.2, 0.25) is 0 Å². The molecule has 0 aromatic heterocycles. The van der Waals surface area contributed by atoms with Crippen LogP contribution in [0.3, 0.4) is 0 Å². The molecule has 0 unspecified atom stereocenters. The molecule has 2 rings (SSSR count). The Morgan fingerprint density at radius 2 is 1.95 bits per heavy atom. The van der Waals surface area contributed by atoms with Gasteiger partial charge in [-0.05, 0) is 36.4 Å². The summed E-state index contributed by atoms with van der Waals surface area (Å²) in [7, 11) is -1.99. The van der Waals surface area contributed by atoms with Crippen molar-refractivity contribution in [2.75, 3.05) is 5.32 Å². The fraction of sp³-hybridized carbons (Fsp3) is 0. The first-order valence-corrected chi connectivity index (χ1v) is 6.97. The van der Waals surface area contributed by atoms with E-state index in [2.05, 4.69) is 21.2 Å². The van der Waals surface area contributed by atoms with Gasteiger partial charge in [0.05, 0.1) is 10.7 Å². The van der Waals surface area contributed by atoms with Gasteiger partial charge in [-0.15, -0.1) is 0 Å². The zero-order chi connectivity index (χ0) is 15.6. The molecular weight excluding hydrogens is 363 g/mol. The largest absolute Gasteiger partial charge is 0.491 e. The van der Waals surface area contributed by atoms with Crippen LogP contribution in [0.1, 0.15) is 10.4 Å². The van der Waals surface area contributed by atoms with Gasteiger partial charge >= 0.3 is 7.12 Å². The number of amides is 1. The highest BCUT2D eigenvalue weighted by Gasteiger charge is 2.19. The lowest BCUT2D eigenvalue weighted by Crippen LogP contribution is -2.33. The number of benzene rings is 2. The van der Waals surface area contributed by atoms with Crippen molar-refractivity contribution in [3.8, 4) is 0 Å². The molecule has 0 aliphatic rings. The fourth-order valence-electron chi connectivity index (χ4n) is 1.67. The van der Waals surface area contributed by atoms with E-state index in [9.17, 15) is 9.18 Å². The van der Waals surface area contributed by atoms with Gasteiger partial charge < -0.3 is 15.4 Å². The summed E-state index contributed by atoms with van der Waals surface area (Å²) in [6, 6.07) is 8.23. The van der Waals surface area contributed by atoms with Crippen LogP contribution in [-0.4, -0.2) is 23.1 Å². The van der Waals surface area contributed by atoms with Crippen LogP contribution in [0.4, 0.5) is 10.1 Å².